The summed E-state index contributed by atoms with van der Waals surface area (Å²) >= 11 is 0. The van der Waals surface area contributed by atoms with Gasteiger partial charge in [-0.2, -0.15) is 0 Å². The summed E-state index contributed by atoms with van der Waals surface area (Å²) in [6, 6.07) is 3.38. The van der Waals surface area contributed by atoms with Gasteiger partial charge in [0.05, 0.1) is 17.9 Å². The van der Waals surface area contributed by atoms with Crippen molar-refractivity contribution in [2.24, 2.45) is 5.73 Å². The molecule has 1 aliphatic rings. The number of nitrogens with zero attached hydrogens (tertiary/aromatic N) is 1. The van der Waals surface area contributed by atoms with E-state index in [1.165, 1.54) is 6.20 Å². The van der Waals surface area contributed by atoms with E-state index in [1.807, 2.05) is 20.8 Å². The van der Waals surface area contributed by atoms with Crippen LogP contribution in [0.5, 0.6) is 0 Å². The lowest BCUT2D eigenvalue weighted by atomic mass is 10.0. The van der Waals surface area contributed by atoms with Gasteiger partial charge in [-0.1, -0.05) is 0 Å². The SMILES string of the molecule is CC1(C)OCC(C)(c2ccc(C(N)=O)cn2)O1. The highest BCUT2D eigenvalue weighted by atomic mass is 16.8. The Balaban J connectivity index is 2.26. The van der Waals surface area contributed by atoms with Crippen LogP contribution in [0.4, 0.5) is 0 Å². The third-order valence-corrected chi connectivity index (χ3v) is 2.76. The van der Waals surface area contributed by atoms with Gasteiger partial charge in [0.25, 0.3) is 0 Å². The van der Waals surface area contributed by atoms with Crippen molar-refractivity contribution in [1.82, 2.24) is 4.98 Å². The third kappa shape index (κ3) is 2.30. The predicted octanol–water partition coefficient (Wildman–Crippen LogP) is 1.18. The van der Waals surface area contributed by atoms with E-state index in [4.69, 9.17) is 15.2 Å². The highest BCUT2D eigenvalue weighted by Crippen LogP contribution is 2.37. The summed E-state index contributed by atoms with van der Waals surface area (Å²) in [5, 5.41) is 0. The second-order valence-electron chi connectivity index (χ2n) is 4.82. The van der Waals surface area contributed by atoms with Crippen LogP contribution in [-0.4, -0.2) is 23.3 Å². The lowest BCUT2D eigenvalue weighted by Gasteiger charge is -2.24. The highest BCUT2D eigenvalue weighted by Gasteiger charge is 2.44. The Kier molecular flexibility index (Phi) is 2.67. The fourth-order valence-corrected chi connectivity index (χ4v) is 1.89. The van der Waals surface area contributed by atoms with Crippen LogP contribution in [0.25, 0.3) is 0 Å². The number of pyridine rings is 1. The standard InChI is InChI=1S/C12H16N2O3/c1-11(2)16-7-12(3,17-11)9-5-4-8(6-14-9)10(13)15/h4-6H,7H2,1-3H3,(H2,13,15). The first-order valence-corrected chi connectivity index (χ1v) is 5.43. The first-order valence-electron chi connectivity index (χ1n) is 5.43. The molecule has 1 aromatic rings. The number of amides is 1. The normalized spacial score (nSPS) is 27.0. The monoisotopic (exact) mass is 236 g/mol. The number of rotatable bonds is 2. The van der Waals surface area contributed by atoms with Crippen molar-refractivity contribution in [3.63, 3.8) is 0 Å². The lowest BCUT2D eigenvalue weighted by molar-refractivity contribution is -0.160. The van der Waals surface area contributed by atoms with E-state index in [-0.39, 0.29) is 0 Å². The molecule has 1 unspecified atom stereocenters. The van der Waals surface area contributed by atoms with Gasteiger partial charge in [-0.15, -0.1) is 0 Å². The maximum absolute atomic E-state index is 10.9. The second-order valence-corrected chi connectivity index (χ2v) is 4.82. The molecule has 0 aromatic carbocycles. The zero-order valence-corrected chi connectivity index (χ0v) is 10.2. The molecule has 92 valence electrons. The summed E-state index contributed by atoms with van der Waals surface area (Å²) in [4.78, 5) is 15.2. The molecule has 5 nitrogen and oxygen atoms in total. The van der Waals surface area contributed by atoms with Gasteiger partial charge in [-0.25, -0.2) is 0 Å². The first-order chi connectivity index (χ1) is 7.82. The Hall–Kier alpha value is -1.46. The molecule has 0 saturated carbocycles. The van der Waals surface area contributed by atoms with Crippen LogP contribution >= 0.6 is 0 Å². The number of carbonyl (C=O) groups excluding carboxylic acids is 1. The zero-order chi connectivity index (χ0) is 12.7. The lowest BCUT2D eigenvalue weighted by Crippen LogP contribution is -2.29. The molecule has 0 radical (unpaired) electrons. The Morgan fingerprint density at radius 2 is 2.12 bits per heavy atom. The van der Waals surface area contributed by atoms with E-state index in [0.29, 0.717) is 12.2 Å². The van der Waals surface area contributed by atoms with Gasteiger partial charge in [-0.3, -0.25) is 9.78 Å². The number of ether oxygens (including phenoxy) is 2. The topological polar surface area (TPSA) is 74.4 Å². The average molecular weight is 236 g/mol. The summed E-state index contributed by atoms with van der Waals surface area (Å²) in [7, 11) is 0. The minimum absolute atomic E-state index is 0.385. The van der Waals surface area contributed by atoms with Crippen LogP contribution in [0.15, 0.2) is 18.3 Å². The molecule has 2 rings (SSSR count). The van der Waals surface area contributed by atoms with Gasteiger partial charge in [-0.05, 0) is 32.9 Å². The van der Waals surface area contributed by atoms with Gasteiger partial charge in [0.15, 0.2) is 5.79 Å². The number of primary amides is 1. The predicted molar refractivity (Wildman–Crippen MR) is 61.2 cm³/mol. The highest BCUT2D eigenvalue weighted by molar-refractivity contribution is 5.92. The quantitative estimate of drug-likeness (QED) is 0.836. The van der Waals surface area contributed by atoms with Gasteiger partial charge in [0.1, 0.15) is 5.60 Å². The van der Waals surface area contributed by atoms with Crippen LogP contribution in [0.1, 0.15) is 36.8 Å². The van der Waals surface area contributed by atoms with E-state index < -0.39 is 17.3 Å². The molecule has 2 N–H and O–H groups in total. The second kappa shape index (κ2) is 3.78. The summed E-state index contributed by atoms with van der Waals surface area (Å²) < 4.78 is 11.4. The van der Waals surface area contributed by atoms with Crippen molar-refractivity contribution in [3.05, 3.63) is 29.6 Å². The van der Waals surface area contributed by atoms with Crippen LogP contribution in [-0.2, 0) is 15.1 Å². The minimum atomic E-state index is -0.612. The maximum Gasteiger partial charge on any atom is 0.250 e. The fraction of sp³-hybridized carbons (Fsp3) is 0.500. The van der Waals surface area contributed by atoms with Gasteiger partial charge in [0.2, 0.25) is 5.91 Å². The van der Waals surface area contributed by atoms with E-state index in [0.717, 1.165) is 5.69 Å². The van der Waals surface area contributed by atoms with Crippen LogP contribution in [0.3, 0.4) is 0 Å². The largest absolute Gasteiger partial charge is 0.366 e. The maximum atomic E-state index is 10.9. The molecule has 2 heterocycles. The van der Waals surface area contributed by atoms with E-state index in [1.54, 1.807) is 12.1 Å². The molecule has 0 bridgehead atoms. The summed E-state index contributed by atoms with van der Waals surface area (Å²) in [6.45, 7) is 6.06. The Labute approximate surface area is 99.9 Å². The third-order valence-electron chi connectivity index (χ3n) is 2.76. The van der Waals surface area contributed by atoms with Crippen molar-refractivity contribution in [2.45, 2.75) is 32.2 Å². The van der Waals surface area contributed by atoms with Gasteiger partial charge < -0.3 is 15.2 Å². The minimum Gasteiger partial charge on any atom is -0.366 e. The van der Waals surface area contributed by atoms with Crippen molar-refractivity contribution in [3.8, 4) is 0 Å². The van der Waals surface area contributed by atoms with Crippen molar-refractivity contribution in [1.29, 1.82) is 0 Å². The molecule has 0 aliphatic carbocycles. The fourth-order valence-electron chi connectivity index (χ4n) is 1.89. The molecule has 1 aromatic heterocycles. The van der Waals surface area contributed by atoms with Crippen molar-refractivity contribution in [2.75, 3.05) is 6.61 Å². The van der Waals surface area contributed by atoms with Crippen molar-refractivity contribution < 1.29 is 14.3 Å². The van der Waals surface area contributed by atoms with Crippen LogP contribution in [0, 0.1) is 0 Å². The number of nitrogens with two attached hydrogens (primary N) is 1. The molecule has 1 atom stereocenters. The zero-order valence-electron chi connectivity index (χ0n) is 10.2. The molecule has 5 heteroatoms. The molecule has 0 spiro atoms. The Bertz CT molecular complexity index is 442. The molecular weight excluding hydrogens is 220 g/mol. The Morgan fingerprint density at radius 3 is 2.53 bits per heavy atom. The number of hydrogen-bond donors (Lipinski definition) is 1. The van der Waals surface area contributed by atoms with Gasteiger partial charge >= 0.3 is 0 Å². The van der Waals surface area contributed by atoms with E-state index in [9.17, 15) is 4.79 Å². The molecule has 17 heavy (non-hydrogen) atoms. The molecule has 1 aliphatic heterocycles. The van der Waals surface area contributed by atoms with E-state index in [2.05, 4.69) is 4.98 Å². The van der Waals surface area contributed by atoms with Crippen LogP contribution in [0.2, 0.25) is 0 Å². The van der Waals surface area contributed by atoms with Crippen molar-refractivity contribution >= 4 is 5.91 Å². The summed E-state index contributed by atoms with van der Waals surface area (Å²) in [5.41, 5.74) is 5.69. The molecule has 1 fully saturated rings. The smallest absolute Gasteiger partial charge is 0.250 e. The van der Waals surface area contributed by atoms with E-state index >= 15 is 0 Å². The number of carbonyl (C=O) groups is 1. The Morgan fingerprint density at radius 1 is 1.41 bits per heavy atom. The number of hydrogen-bond acceptors (Lipinski definition) is 4. The van der Waals surface area contributed by atoms with Crippen LogP contribution < -0.4 is 5.73 Å². The summed E-state index contributed by atoms with van der Waals surface area (Å²) in [6.07, 6.45) is 1.46. The molecular formula is C12H16N2O3. The average Bonchev–Trinajstić information content (AvgIpc) is 2.54. The number of aromatic nitrogens is 1. The first kappa shape index (κ1) is 12.0. The summed E-state index contributed by atoms with van der Waals surface area (Å²) in [5.74, 6) is -1.10. The van der Waals surface area contributed by atoms with Gasteiger partial charge in [0, 0.05) is 6.20 Å². The molecule has 1 amide bonds. The molecule has 1 saturated heterocycles.